The van der Waals surface area contributed by atoms with E-state index in [2.05, 4.69) is 60.7 Å². The molecule has 2 aliphatic rings. The third-order valence-electron chi connectivity index (χ3n) is 6.01. The fraction of sp³-hybridized carbons (Fsp3) is 0.714. The first kappa shape index (κ1) is 18.8. The van der Waals surface area contributed by atoms with Gasteiger partial charge in [0.25, 0.3) is 0 Å². The highest BCUT2D eigenvalue weighted by Gasteiger charge is 2.34. The lowest BCUT2D eigenvalue weighted by Gasteiger charge is -2.33. The Morgan fingerprint density at radius 1 is 1.24 bits per heavy atom. The Morgan fingerprint density at radius 3 is 2.76 bits per heavy atom. The van der Waals surface area contributed by atoms with Crippen LogP contribution in [-0.4, -0.2) is 49.8 Å². The third-order valence-corrected chi connectivity index (χ3v) is 6.01. The summed E-state index contributed by atoms with van der Waals surface area (Å²) < 4.78 is 5.70. The minimum absolute atomic E-state index is 0.524. The van der Waals surface area contributed by atoms with Crippen LogP contribution >= 0.6 is 0 Å². The van der Waals surface area contributed by atoms with Crippen LogP contribution < -0.4 is 10.6 Å². The van der Waals surface area contributed by atoms with Crippen molar-refractivity contribution in [3.63, 3.8) is 0 Å². The van der Waals surface area contributed by atoms with E-state index < -0.39 is 0 Å². The van der Waals surface area contributed by atoms with Gasteiger partial charge in [-0.15, -0.1) is 0 Å². The van der Waals surface area contributed by atoms with Crippen molar-refractivity contribution in [3.05, 3.63) is 35.4 Å². The first-order valence-electron chi connectivity index (χ1n) is 9.96. The SMILES string of the molecule is CC(C)N(C)Cc1ccccc1CNC1CCCC1C1COCCN1. The molecule has 2 N–H and O–H groups in total. The standard InChI is InChI=1S/C21H35N3O/c1-16(2)24(3)14-18-8-5-4-7-17(18)13-23-20-10-6-9-19(20)21-15-25-12-11-22-21/h4-5,7-8,16,19-23H,6,9-15H2,1-3H3. The van der Waals surface area contributed by atoms with Gasteiger partial charge in [-0.05, 0) is 50.8 Å². The van der Waals surface area contributed by atoms with Crippen LogP contribution in [0.15, 0.2) is 24.3 Å². The van der Waals surface area contributed by atoms with Gasteiger partial charge in [0.1, 0.15) is 0 Å². The number of benzene rings is 1. The van der Waals surface area contributed by atoms with E-state index in [4.69, 9.17) is 4.74 Å². The van der Waals surface area contributed by atoms with Gasteiger partial charge in [-0.25, -0.2) is 0 Å². The second kappa shape index (κ2) is 9.13. The van der Waals surface area contributed by atoms with Crippen molar-refractivity contribution in [3.8, 4) is 0 Å². The zero-order valence-corrected chi connectivity index (χ0v) is 16.1. The van der Waals surface area contributed by atoms with E-state index in [-0.39, 0.29) is 0 Å². The molecule has 3 rings (SSSR count). The molecular formula is C21H35N3O. The van der Waals surface area contributed by atoms with Crippen molar-refractivity contribution in [2.45, 2.75) is 64.3 Å². The summed E-state index contributed by atoms with van der Waals surface area (Å²) in [4.78, 5) is 2.40. The molecule has 1 aliphatic heterocycles. The number of nitrogens with one attached hydrogen (secondary N) is 2. The molecule has 3 atom stereocenters. The molecule has 1 aromatic rings. The lowest BCUT2D eigenvalue weighted by molar-refractivity contribution is 0.0524. The Kier molecular flexibility index (Phi) is 6.88. The Bertz CT molecular complexity index is 528. The summed E-state index contributed by atoms with van der Waals surface area (Å²) in [5, 5.41) is 7.54. The fourth-order valence-electron chi connectivity index (χ4n) is 4.16. The van der Waals surface area contributed by atoms with Gasteiger partial charge in [-0.1, -0.05) is 30.7 Å². The molecule has 0 spiro atoms. The number of rotatable bonds is 7. The first-order valence-corrected chi connectivity index (χ1v) is 9.96. The molecule has 0 amide bonds. The number of hydrogen-bond acceptors (Lipinski definition) is 4. The van der Waals surface area contributed by atoms with E-state index in [0.29, 0.717) is 24.0 Å². The lowest BCUT2D eigenvalue weighted by atomic mass is 9.93. The molecule has 140 valence electrons. The molecule has 0 radical (unpaired) electrons. The average molecular weight is 346 g/mol. The molecule has 4 nitrogen and oxygen atoms in total. The molecular weight excluding hydrogens is 310 g/mol. The van der Waals surface area contributed by atoms with Crippen molar-refractivity contribution in [2.75, 3.05) is 26.8 Å². The third kappa shape index (κ3) is 5.04. The van der Waals surface area contributed by atoms with E-state index in [0.717, 1.165) is 32.8 Å². The largest absolute Gasteiger partial charge is 0.379 e. The Hall–Kier alpha value is -0.940. The molecule has 2 fully saturated rings. The van der Waals surface area contributed by atoms with Crippen molar-refractivity contribution in [1.29, 1.82) is 0 Å². The fourth-order valence-corrected chi connectivity index (χ4v) is 4.16. The molecule has 0 aromatic heterocycles. The number of hydrogen-bond donors (Lipinski definition) is 2. The van der Waals surface area contributed by atoms with Gasteiger partial charge in [0.05, 0.1) is 13.2 Å². The second-order valence-corrected chi connectivity index (χ2v) is 8.00. The van der Waals surface area contributed by atoms with Crippen LogP contribution in [0.1, 0.15) is 44.2 Å². The van der Waals surface area contributed by atoms with Crippen LogP contribution in [0.3, 0.4) is 0 Å². The van der Waals surface area contributed by atoms with Crippen LogP contribution in [0.5, 0.6) is 0 Å². The summed E-state index contributed by atoms with van der Waals surface area (Å²) >= 11 is 0. The van der Waals surface area contributed by atoms with Gasteiger partial charge >= 0.3 is 0 Å². The predicted octanol–water partition coefficient (Wildman–Crippen LogP) is 2.77. The van der Waals surface area contributed by atoms with Gasteiger partial charge < -0.3 is 15.4 Å². The molecule has 1 heterocycles. The minimum Gasteiger partial charge on any atom is -0.379 e. The summed E-state index contributed by atoms with van der Waals surface area (Å²) in [6.07, 6.45) is 3.94. The lowest BCUT2D eigenvalue weighted by Crippen LogP contribution is -2.50. The average Bonchev–Trinajstić information content (AvgIpc) is 3.10. The van der Waals surface area contributed by atoms with Gasteiger partial charge in [0.2, 0.25) is 0 Å². The minimum atomic E-state index is 0.524. The van der Waals surface area contributed by atoms with Crippen LogP contribution in [0, 0.1) is 5.92 Å². The van der Waals surface area contributed by atoms with Crippen LogP contribution in [0.25, 0.3) is 0 Å². The molecule has 1 saturated heterocycles. The number of nitrogens with zero attached hydrogens (tertiary/aromatic N) is 1. The molecule has 25 heavy (non-hydrogen) atoms. The number of ether oxygens (including phenoxy) is 1. The maximum atomic E-state index is 5.70. The van der Waals surface area contributed by atoms with Crippen molar-refractivity contribution in [1.82, 2.24) is 15.5 Å². The van der Waals surface area contributed by atoms with Crippen LogP contribution in [0.4, 0.5) is 0 Å². The highest BCUT2D eigenvalue weighted by Crippen LogP contribution is 2.30. The normalized spacial score (nSPS) is 27.3. The molecule has 3 unspecified atom stereocenters. The second-order valence-electron chi connectivity index (χ2n) is 8.00. The summed E-state index contributed by atoms with van der Waals surface area (Å²) in [5.41, 5.74) is 2.88. The van der Waals surface area contributed by atoms with Crippen LogP contribution in [0.2, 0.25) is 0 Å². The summed E-state index contributed by atoms with van der Waals surface area (Å²) in [5.74, 6) is 0.700. The van der Waals surface area contributed by atoms with E-state index in [1.54, 1.807) is 0 Å². The van der Waals surface area contributed by atoms with Crippen molar-refractivity contribution in [2.24, 2.45) is 5.92 Å². The highest BCUT2D eigenvalue weighted by molar-refractivity contribution is 5.27. The maximum absolute atomic E-state index is 5.70. The van der Waals surface area contributed by atoms with E-state index in [1.807, 2.05) is 0 Å². The Morgan fingerprint density at radius 2 is 2.04 bits per heavy atom. The quantitative estimate of drug-likeness (QED) is 0.797. The van der Waals surface area contributed by atoms with E-state index in [1.165, 1.54) is 30.4 Å². The zero-order chi connectivity index (χ0) is 17.6. The molecule has 0 bridgehead atoms. The Labute approximate surface area is 153 Å². The Balaban J connectivity index is 1.59. The van der Waals surface area contributed by atoms with Gasteiger partial charge in [0, 0.05) is 37.8 Å². The van der Waals surface area contributed by atoms with Crippen molar-refractivity contribution >= 4 is 0 Å². The smallest absolute Gasteiger partial charge is 0.0623 e. The zero-order valence-electron chi connectivity index (χ0n) is 16.1. The highest BCUT2D eigenvalue weighted by atomic mass is 16.5. The summed E-state index contributed by atoms with van der Waals surface area (Å²) in [7, 11) is 2.20. The molecule has 1 aliphatic carbocycles. The van der Waals surface area contributed by atoms with Crippen molar-refractivity contribution < 1.29 is 4.74 Å². The topological polar surface area (TPSA) is 36.5 Å². The molecule has 1 aromatic carbocycles. The first-order chi connectivity index (χ1) is 12.1. The number of morpholine rings is 1. The monoisotopic (exact) mass is 345 g/mol. The molecule has 1 saturated carbocycles. The maximum Gasteiger partial charge on any atom is 0.0623 e. The predicted molar refractivity (Wildman–Crippen MR) is 104 cm³/mol. The summed E-state index contributed by atoms with van der Waals surface area (Å²) in [6.45, 7) is 9.22. The summed E-state index contributed by atoms with van der Waals surface area (Å²) in [6, 6.07) is 10.6. The molecule has 4 heteroatoms. The van der Waals surface area contributed by atoms with Crippen LogP contribution in [-0.2, 0) is 17.8 Å². The van der Waals surface area contributed by atoms with E-state index in [9.17, 15) is 0 Å². The van der Waals surface area contributed by atoms with Gasteiger partial charge in [-0.3, -0.25) is 4.90 Å². The van der Waals surface area contributed by atoms with Gasteiger partial charge in [-0.2, -0.15) is 0 Å². The van der Waals surface area contributed by atoms with Gasteiger partial charge in [0.15, 0.2) is 0 Å². The van der Waals surface area contributed by atoms with E-state index >= 15 is 0 Å².